The van der Waals surface area contributed by atoms with Crippen molar-refractivity contribution in [3.8, 4) is 0 Å². The van der Waals surface area contributed by atoms with Gasteiger partial charge in [0.25, 0.3) is 0 Å². The molecule has 3 nitrogen and oxygen atoms in total. The summed E-state index contributed by atoms with van der Waals surface area (Å²) in [5, 5.41) is 4.33. The quantitative estimate of drug-likeness (QED) is 0.790. The SMILES string of the molecule is Cc1ccc(F)cc1C(=O)Cc1ccn(C(C)C)n1. The Hall–Kier alpha value is -1.97. The number of halogens is 1. The first-order valence-electron chi connectivity index (χ1n) is 6.30. The summed E-state index contributed by atoms with van der Waals surface area (Å²) in [6.07, 6.45) is 2.05. The van der Waals surface area contributed by atoms with Gasteiger partial charge in [0.05, 0.1) is 12.1 Å². The highest BCUT2D eigenvalue weighted by molar-refractivity contribution is 5.98. The van der Waals surface area contributed by atoms with Crippen LogP contribution < -0.4 is 0 Å². The monoisotopic (exact) mass is 260 g/mol. The molecule has 0 aliphatic carbocycles. The molecule has 0 aliphatic heterocycles. The van der Waals surface area contributed by atoms with Gasteiger partial charge in [-0.05, 0) is 44.5 Å². The van der Waals surface area contributed by atoms with Crippen LogP contribution in [-0.2, 0) is 6.42 Å². The summed E-state index contributed by atoms with van der Waals surface area (Å²) < 4.78 is 15.0. The highest BCUT2D eigenvalue weighted by atomic mass is 19.1. The van der Waals surface area contributed by atoms with E-state index in [9.17, 15) is 9.18 Å². The molecule has 0 aliphatic rings. The lowest BCUT2D eigenvalue weighted by molar-refractivity contribution is 0.0990. The van der Waals surface area contributed by atoms with Crippen LogP contribution in [0, 0.1) is 12.7 Å². The second-order valence-corrected chi connectivity index (χ2v) is 4.94. The van der Waals surface area contributed by atoms with E-state index in [-0.39, 0.29) is 24.1 Å². The number of aryl methyl sites for hydroxylation is 1. The van der Waals surface area contributed by atoms with Crippen LogP contribution in [0.4, 0.5) is 4.39 Å². The third kappa shape index (κ3) is 3.08. The van der Waals surface area contributed by atoms with Crippen molar-refractivity contribution >= 4 is 5.78 Å². The average molecular weight is 260 g/mol. The van der Waals surface area contributed by atoms with Crippen LogP contribution in [-0.4, -0.2) is 15.6 Å². The number of ketones is 1. The largest absolute Gasteiger partial charge is 0.294 e. The Balaban J connectivity index is 2.18. The van der Waals surface area contributed by atoms with E-state index in [4.69, 9.17) is 0 Å². The van der Waals surface area contributed by atoms with Crippen LogP contribution in [0.15, 0.2) is 30.5 Å². The van der Waals surface area contributed by atoms with E-state index >= 15 is 0 Å². The molecule has 0 unspecified atom stereocenters. The molecule has 1 aromatic heterocycles. The van der Waals surface area contributed by atoms with Crippen LogP contribution in [0.5, 0.6) is 0 Å². The lowest BCUT2D eigenvalue weighted by Crippen LogP contribution is -2.08. The molecular formula is C15H17FN2O. The summed E-state index contributed by atoms with van der Waals surface area (Å²) in [5.74, 6) is -0.493. The fourth-order valence-corrected chi connectivity index (χ4v) is 1.91. The van der Waals surface area contributed by atoms with Gasteiger partial charge in [-0.2, -0.15) is 5.10 Å². The molecule has 100 valence electrons. The van der Waals surface area contributed by atoms with Gasteiger partial charge < -0.3 is 0 Å². The second-order valence-electron chi connectivity index (χ2n) is 4.94. The molecule has 0 saturated carbocycles. The van der Waals surface area contributed by atoms with E-state index in [0.29, 0.717) is 11.3 Å². The highest BCUT2D eigenvalue weighted by Gasteiger charge is 2.13. The summed E-state index contributed by atoms with van der Waals surface area (Å²) in [4.78, 5) is 12.2. The normalized spacial score (nSPS) is 11.0. The van der Waals surface area contributed by atoms with Gasteiger partial charge in [-0.1, -0.05) is 6.07 Å². The van der Waals surface area contributed by atoms with Crippen molar-refractivity contribution in [3.05, 3.63) is 53.1 Å². The third-order valence-corrected chi connectivity index (χ3v) is 3.03. The molecule has 4 heteroatoms. The van der Waals surface area contributed by atoms with Crippen molar-refractivity contribution in [2.45, 2.75) is 33.2 Å². The molecule has 0 bridgehead atoms. The smallest absolute Gasteiger partial charge is 0.169 e. The Kier molecular flexibility index (Phi) is 3.79. The highest BCUT2D eigenvalue weighted by Crippen LogP contribution is 2.14. The summed E-state index contributed by atoms with van der Waals surface area (Å²) in [7, 11) is 0. The number of carbonyl (C=O) groups excluding carboxylic acids is 1. The molecule has 1 heterocycles. The number of aromatic nitrogens is 2. The van der Waals surface area contributed by atoms with E-state index in [1.54, 1.807) is 17.7 Å². The van der Waals surface area contributed by atoms with Crippen LogP contribution in [0.2, 0.25) is 0 Å². The first kappa shape index (κ1) is 13.5. The maximum absolute atomic E-state index is 13.2. The molecule has 0 fully saturated rings. The minimum atomic E-state index is -0.387. The van der Waals surface area contributed by atoms with Crippen molar-refractivity contribution in [2.24, 2.45) is 0 Å². The van der Waals surface area contributed by atoms with Gasteiger partial charge in [0.2, 0.25) is 0 Å². The van der Waals surface area contributed by atoms with Crippen molar-refractivity contribution in [1.29, 1.82) is 0 Å². The first-order valence-corrected chi connectivity index (χ1v) is 6.30. The van der Waals surface area contributed by atoms with Gasteiger partial charge in [0, 0.05) is 17.8 Å². The Morgan fingerprint density at radius 3 is 2.74 bits per heavy atom. The summed E-state index contributed by atoms with van der Waals surface area (Å²) in [5.41, 5.74) is 1.93. The lowest BCUT2D eigenvalue weighted by Gasteiger charge is -2.05. The third-order valence-electron chi connectivity index (χ3n) is 3.03. The predicted molar refractivity (Wildman–Crippen MR) is 71.8 cm³/mol. The van der Waals surface area contributed by atoms with E-state index in [1.165, 1.54) is 12.1 Å². The zero-order chi connectivity index (χ0) is 14.0. The summed E-state index contributed by atoms with van der Waals surface area (Å²) in [6, 6.07) is 6.36. The molecule has 2 aromatic rings. The van der Waals surface area contributed by atoms with E-state index in [2.05, 4.69) is 5.10 Å². The Morgan fingerprint density at radius 2 is 2.11 bits per heavy atom. The van der Waals surface area contributed by atoms with Crippen molar-refractivity contribution in [1.82, 2.24) is 9.78 Å². The molecule has 0 N–H and O–H groups in total. The number of rotatable bonds is 4. The number of nitrogens with zero attached hydrogens (tertiary/aromatic N) is 2. The maximum atomic E-state index is 13.2. The molecular weight excluding hydrogens is 243 g/mol. The summed E-state index contributed by atoms with van der Waals surface area (Å²) in [6.45, 7) is 5.85. The topological polar surface area (TPSA) is 34.9 Å². The number of Topliss-reactive ketones (excluding diaryl/α,β-unsaturated/α-hetero) is 1. The number of hydrogen-bond acceptors (Lipinski definition) is 2. The van der Waals surface area contributed by atoms with Crippen LogP contribution in [0.1, 0.15) is 41.5 Å². The van der Waals surface area contributed by atoms with Crippen LogP contribution >= 0.6 is 0 Å². The second kappa shape index (κ2) is 5.34. The Bertz CT molecular complexity index is 602. The molecule has 1 aromatic carbocycles. The number of hydrogen-bond donors (Lipinski definition) is 0. The molecule has 0 radical (unpaired) electrons. The minimum absolute atomic E-state index is 0.106. The van der Waals surface area contributed by atoms with Gasteiger partial charge in [0.15, 0.2) is 5.78 Å². The zero-order valence-electron chi connectivity index (χ0n) is 11.4. The molecule has 2 rings (SSSR count). The fraction of sp³-hybridized carbons (Fsp3) is 0.333. The fourth-order valence-electron chi connectivity index (χ4n) is 1.91. The van der Waals surface area contributed by atoms with E-state index in [1.807, 2.05) is 26.1 Å². The van der Waals surface area contributed by atoms with Crippen molar-refractivity contribution in [3.63, 3.8) is 0 Å². The zero-order valence-corrected chi connectivity index (χ0v) is 11.4. The van der Waals surface area contributed by atoms with Crippen molar-refractivity contribution < 1.29 is 9.18 Å². The molecule has 0 amide bonds. The molecule has 0 spiro atoms. The maximum Gasteiger partial charge on any atom is 0.169 e. The minimum Gasteiger partial charge on any atom is -0.294 e. The molecule has 0 atom stereocenters. The number of carbonyl (C=O) groups is 1. The van der Waals surface area contributed by atoms with Gasteiger partial charge in [-0.15, -0.1) is 0 Å². The van der Waals surface area contributed by atoms with E-state index in [0.717, 1.165) is 5.56 Å². The average Bonchev–Trinajstić information content (AvgIpc) is 2.80. The standard InChI is InChI=1S/C15H17FN2O/c1-10(2)18-7-6-13(17-18)9-15(19)14-8-12(16)5-4-11(14)3/h4-8,10H,9H2,1-3H3. The van der Waals surface area contributed by atoms with Gasteiger partial charge in [-0.25, -0.2) is 4.39 Å². The predicted octanol–water partition coefficient (Wildman–Crippen LogP) is 3.34. The van der Waals surface area contributed by atoms with E-state index < -0.39 is 0 Å². The summed E-state index contributed by atoms with van der Waals surface area (Å²) >= 11 is 0. The van der Waals surface area contributed by atoms with Crippen LogP contribution in [0.3, 0.4) is 0 Å². The lowest BCUT2D eigenvalue weighted by atomic mass is 10.0. The van der Waals surface area contributed by atoms with Gasteiger partial charge in [0.1, 0.15) is 5.82 Å². The Labute approximate surface area is 112 Å². The molecule has 19 heavy (non-hydrogen) atoms. The number of benzene rings is 1. The Morgan fingerprint density at radius 1 is 1.37 bits per heavy atom. The molecule has 0 saturated heterocycles. The van der Waals surface area contributed by atoms with Crippen molar-refractivity contribution in [2.75, 3.05) is 0 Å². The van der Waals surface area contributed by atoms with Gasteiger partial charge in [-0.3, -0.25) is 9.48 Å². The first-order chi connectivity index (χ1) is 8.97. The van der Waals surface area contributed by atoms with Gasteiger partial charge >= 0.3 is 0 Å². The van der Waals surface area contributed by atoms with Crippen LogP contribution in [0.25, 0.3) is 0 Å².